The highest BCUT2D eigenvalue weighted by Crippen LogP contribution is 2.07. The molecule has 1 saturated heterocycles. The van der Waals surface area contributed by atoms with E-state index in [2.05, 4.69) is 0 Å². The number of hydrogen-bond donors (Lipinski definition) is 0. The van der Waals surface area contributed by atoms with Crippen LogP contribution in [0, 0.1) is 0 Å². The van der Waals surface area contributed by atoms with Gasteiger partial charge in [-0.3, -0.25) is 0 Å². The minimum atomic E-state index is -0.0693. The van der Waals surface area contributed by atoms with E-state index < -0.39 is 0 Å². The molecule has 0 aromatic heterocycles. The largest absolute Gasteiger partial charge is 0.379 e. The van der Waals surface area contributed by atoms with Gasteiger partial charge in [-0.05, 0) is 13.3 Å². The van der Waals surface area contributed by atoms with Crippen LogP contribution in [-0.2, 0) is 14.2 Å². The lowest BCUT2D eigenvalue weighted by Gasteiger charge is -2.10. The van der Waals surface area contributed by atoms with Crippen LogP contribution in [0.15, 0.2) is 0 Å². The summed E-state index contributed by atoms with van der Waals surface area (Å²) in [7, 11) is 1.70. The molecule has 1 heterocycles. The zero-order chi connectivity index (χ0) is 7.40. The molecule has 0 aromatic carbocycles. The first-order valence-electron chi connectivity index (χ1n) is 3.59. The highest BCUT2D eigenvalue weighted by molar-refractivity contribution is 4.58. The minimum Gasteiger partial charge on any atom is -0.379 e. The van der Waals surface area contributed by atoms with Crippen molar-refractivity contribution in [2.45, 2.75) is 25.7 Å². The van der Waals surface area contributed by atoms with E-state index in [1.807, 2.05) is 6.92 Å². The summed E-state index contributed by atoms with van der Waals surface area (Å²) in [4.78, 5) is 0. The molecule has 3 heteroatoms. The summed E-state index contributed by atoms with van der Waals surface area (Å²) >= 11 is 0. The zero-order valence-corrected chi connectivity index (χ0v) is 6.50. The van der Waals surface area contributed by atoms with E-state index in [4.69, 9.17) is 14.2 Å². The lowest BCUT2D eigenvalue weighted by molar-refractivity contribution is -0.120. The van der Waals surface area contributed by atoms with Gasteiger partial charge in [0, 0.05) is 7.11 Å². The second kappa shape index (κ2) is 3.91. The van der Waals surface area contributed by atoms with Crippen molar-refractivity contribution in [1.29, 1.82) is 0 Å². The maximum Gasteiger partial charge on any atom is 0.154 e. The first-order valence-corrected chi connectivity index (χ1v) is 3.59. The smallest absolute Gasteiger partial charge is 0.154 e. The summed E-state index contributed by atoms with van der Waals surface area (Å²) in [6.07, 6.45) is 1.07. The summed E-state index contributed by atoms with van der Waals surface area (Å²) in [6, 6.07) is 0. The molecule has 0 aliphatic carbocycles. The van der Waals surface area contributed by atoms with Crippen LogP contribution in [0.5, 0.6) is 0 Å². The number of hydrogen-bond acceptors (Lipinski definition) is 3. The van der Waals surface area contributed by atoms with Gasteiger partial charge in [0.05, 0.1) is 19.3 Å². The van der Waals surface area contributed by atoms with Crippen molar-refractivity contribution in [2.24, 2.45) is 0 Å². The van der Waals surface area contributed by atoms with Gasteiger partial charge in [0.1, 0.15) is 0 Å². The monoisotopic (exact) mass is 146 g/mol. The predicted octanol–water partition coefficient (Wildman–Crippen LogP) is 0.784. The molecule has 0 spiro atoms. The van der Waals surface area contributed by atoms with Crippen LogP contribution >= 0.6 is 0 Å². The van der Waals surface area contributed by atoms with Gasteiger partial charge >= 0.3 is 0 Å². The van der Waals surface area contributed by atoms with Crippen molar-refractivity contribution in [1.82, 2.24) is 0 Å². The average molecular weight is 146 g/mol. The normalized spacial score (nSPS) is 35.4. The second-order valence-corrected chi connectivity index (χ2v) is 2.42. The molecule has 1 rings (SSSR count). The fraction of sp³-hybridized carbons (Fsp3) is 1.00. The van der Waals surface area contributed by atoms with E-state index in [0.29, 0.717) is 6.61 Å². The Morgan fingerprint density at radius 3 is 2.90 bits per heavy atom. The van der Waals surface area contributed by atoms with Crippen molar-refractivity contribution in [3.8, 4) is 0 Å². The minimum absolute atomic E-state index is 0.0693. The van der Waals surface area contributed by atoms with Crippen molar-refractivity contribution in [2.75, 3.05) is 20.3 Å². The highest BCUT2D eigenvalue weighted by Gasteiger charge is 2.15. The molecule has 0 amide bonds. The van der Waals surface area contributed by atoms with Gasteiger partial charge in [-0.2, -0.15) is 0 Å². The Bertz CT molecular complexity index is 94.9. The summed E-state index contributed by atoms with van der Waals surface area (Å²) in [5.41, 5.74) is 0. The van der Waals surface area contributed by atoms with Crippen molar-refractivity contribution in [3.05, 3.63) is 0 Å². The van der Waals surface area contributed by atoms with Gasteiger partial charge in [-0.1, -0.05) is 0 Å². The highest BCUT2D eigenvalue weighted by atomic mass is 16.7. The molecule has 0 bridgehead atoms. The summed E-state index contributed by atoms with van der Waals surface area (Å²) < 4.78 is 15.6. The third kappa shape index (κ3) is 2.25. The number of ether oxygens (including phenoxy) is 3. The van der Waals surface area contributed by atoms with Crippen molar-refractivity contribution in [3.63, 3.8) is 0 Å². The fourth-order valence-corrected chi connectivity index (χ4v) is 0.926. The molecule has 60 valence electrons. The Hall–Kier alpha value is -0.120. The Morgan fingerprint density at radius 1 is 1.40 bits per heavy atom. The van der Waals surface area contributed by atoms with Gasteiger partial charge in [0.15, 0.2) is 6.29 Å². The third-order valence-corrected chi connectivity index (χ3v) is 1.64. The van der Waals surface area contributed by atoms with Gasteiger partial charge in [0.25, 0.3) is 0 Å². The van der Waals surface area contributed by atoms with E-state index >= 15 is 0 Å². The van der Waals surface area contributed by atoms with E-state index in [-0.39, 0.29) is 12.4 Å². The number of rotatable bonds is 1. The topological polar surface area (TPSA) is 27.7 Å². The van der Waals surface area contributed by atoms with E-state index in [1.54, 1.807) is 7.11 Å². The Kier molecular flexibility index (Phi) is 3.12. The molecule has 0 aromatic rings. The van der Waals surface area contributed by atoms with Crippen LogP contribution in [0.4, 0.5) is 0 Å². The molecule has 2 atom stereocenters. The molecule has 3 nitrogen and oxygen atoms in total. The van der Waals surface area contributed by atoms with Gasteiger partial charge in [0.2, 0.25) is 0 Å². The molecule has 0 N–H and O–H groups in total. The van der Waals surface area contributed by atoms with Gasteiger partial charge in [-0.25, -0.2) is 0 Å². The fourth-order valence-electron chi connectivity index (χ4n) is 0.926. The summed E-state index contributed by atoms with van der Waals surface area (Å²) in [6.45, 7) is 3.29. The van der Waals surface area contributed by atoms with Crippen LogP contribution in [0.1, 0.15) is 13.3 Å². The molecule has 0 radical (unpaired) electrons. The molecular weight excluding hydrogens is 132 g/mol. The van der Waals surface area contributed by atoms with E-state index in [9.17, 15) is 0 Å². The zero-order valence-electron chi connectivity index (χ0n) is 6.50. The molecule has 10 heavy (non-hydrogen) atoms. The quantitative estimate of drug-likeness (QED) is 0.547. The average Bonchev–Trinajstić information content (AvgIpc) is 2.14. The molecule has 1 aliphatic rings. The predicted molar refractivity (Wildman–Crippen MR) is 36.8 cm³/mol. The molecular formula is C7H14O3. The Balaban J connectivity index is 2.26. The van der Waals surface area contributed by atoms with Crippen LogP contribution in [0.3, 0.4) is 0 Å². The van der Waals surface area contributed by atoms with E-state index in [0.717, 1.165) is 13.0 Å². The molecule has 0 saturated carbocycles. The van der Waals surface area contributed by atoms with Crippen LogP contribution in [0.2, 0.25) is 0 Å². The van der Waals surface area contributed by atoms with Crippen LogP contribution in [0.25, 0.3) is 0 Å². The number of methoxy groups -OCH3 is 1. The lowest BCUT2D eigenvalue weighted by atomic mass is 10.3. The molecule has 1 fully saturated rings. The Morgan fingerprint density at radius 2 is 2.20 bits per heavy atom. The first-order chi connectivity index (χ1) is 4.83. The van der Waals surface area contributed by atoms with Gasteiger partial charge < -0.3 is 14.2 Å². The Labute approximate surface area is 61.3 Å². The maximum atomic E-state index is 5.26. The molecule has 1 aliphatic heterocycles. The lowest BCUT2D eigenvalue weighted by Crippen LogP contribution is -2.17. The van der Waals surface area contributed by atoms with Gasteiger partial charge in [-0.15, -0.1) is 0 Å². The van der Waals surface area contributed by atoms with Crippen LogP contribution < -0.4 is 0 Å². The SMILES string of the molecule is COC1CCOC(C)OC1. The first kappa shape index (κ1) is 7.98. The van der Waals surface area contributed by atoms with Crippen molar-refractivity contribution >= 4 is 0 Å². The maximum absolute atomic E-state index is 5.26. The standard InChI is InChI=1S/C7H14O3/c1-6-9-4-3-7(8-2)5-10-6/h6-7H,3-5H2,1-2H3. The second-order valence-electron chi connectivity index (χ2n) is 2.42. The van der Waals surface area contributed by atoms with E-state index in [1.165, 1.54) is 0 Å². The third-order valence-electron chi connectivity index (χ3n) is 1.64. The molecule has 2 unspecified atom stereocenters. The summed E-state index contributed by atoms with van der Waals surface area (Å²) in [5, 5.41) is 0. The van der Waals surface area contributed by atoms with Crippen molar-refractivity contribution < 1.29 is 14.2 Å². The van der Waals surface area contributed by atoms with Crippen LogP contribution in [-0.4, -0.2) is 32.7 Å². The summed E-state index contributed by atoms with van der Waals surface area (Å²) in [5.74, 6) is 0.